The lowest BCUT2D eigenvalue weighted by Gasteiger charge is -2.32. The van der Waals surface area contributed by atoms with E-state index in [1.165, 1.54) is 0 Å². The summed E-state index contributed by atoms with van der Waals surface area (Å²) in [6.45, 7) is 4.84. The van der Waals surface area contributed by atoms with Crippen molar-refractivity contribution in [2.45, 2.75) is 19.6 Å². The van der Waals surface area contributed by atoms with E-state index in [0.717, 1.165) is 25.2 Å². The molecule has 1 unspecified atom stereocenters. The van der Waals surface area contributed by atoms with Gasteiger partial charge in [0.15, 0.2) is 0 Å². The SMILES string of the molecule is CC1CN(C(=O)c2cccc(OCc3cccnc3)c2)CCN1. The Balaban J connectivity index is 1.66. The molecule has 0 aliphatic carbocycles. The first-order valence-corrected chi connectivity index (χ1v) is 7.87. The Bertz CT molecular complexity index is 660. The molecule has 120 valence electrons. The van der Waals surface area contributed by atoms with E-state index in [1.807, 2.05) is 41.3 Å². The Kier molecular flexibility index (Phi) is 4.88. The second-order valence-corrected chi connectivity index (χ2v) is 5.78. The van der Waals surface area contributed by atoms with Crippen LogP contribution >= 0.6 is 0 Å². The predicted octanol–water partition coefficient (Wildman–Crippen LogP) is 2.09. The summed E-state index contributed by atoms with van der Waals surface area (Å²) >= 11 is 0. The number of rotatable bonds is 4. The number of pyridine rings is 1. The lowest BCUT2D eigenvalue weighted by molar-refractivity contribution is 0.0708. The molecule has 1 amide bonds. The minimum absolute atomic E-state index is 0.0603. The second-order valence-electron chi connectivity index (χ2n) is 5.78. The molecule has 1 aliphatic rings. The third kappa shape index (κ3) is 4.07. The largest absolute Gasteiger partial charge is 0.489 e. The van der Waals surface area contributed by atoms with Crippen molar-refractivity contribution >= 4 is 5.91 Å². The number of hydrogen-bond acceptors (Lipinski definition) is 4. The predicted molar refractivity (Wildman–Crippen MR) is 88.4 cm³/mol. The highest BCUT2D eigenvalue weighted by atomic mass is 16.5. The Morgan fingerprint density at radius 2 is 2.30 bits per heavy atom. The van der Waals surface area contributed by atoms with Crippen LogP contribution < -0.4 is 10.1 Å². The summed E-state index contributed by atoms with van der Waals surface area (Å²) < 4.78 is 5.77. The van der Waals surface area contributed by atoms with Crippen LogP contribution in [-0.2, 0) is 6.61 Å². The van der Waals surface area contributed by atoms with E-state index in [4.69, 9.17) is 4.74 Å². The van der Waals surface area contributed by atoms with Gasteiger partial charge >= 0.3 is 0 Å². The van der Waals surface area contributed by atoms with Gasteiger partial charge in [0, 0.05) is 49.2 Å². The maximum absolute atomic E-state index is 12.6. The average molecular weight is 311 g/mol. The zero-order valence-electron chi connectivity index (χ0n) is 13.2. The van der Waals surface area contributed by atoms with Crippen molar-refractivity contribution in [2.75, 3.05) is 19.6 Å². The highest BCUT2D eigenvalue weighted by Crippen LogP contribution is 2.17. The lowest BCUT2D eigenvalue weighted by Crippen LogP contribution is -2.51. The van der Waals surface area contributed by atoms with Crippen molar-refractivity contribution in [3.63, 3.8) is 0 Å². The van der Waals surface area contributed by atoms with Crippen LogP contribution in [0.4, 0.5) is 0 Å². The lowest BCUT2D eigenvalue weighted by atomic mass is 10.1. The Morgan fingerprint density at radius 3 is 3.09 bits per heavy atom. The van der Waals surface area contributed by atoms with Crippen molar-refractivity contribution in [2.24, 2.45) is 0 Å². The Hall–Kier alpha value is -2.40. The van der Waals surface area contributed by atoms with Crippen LogP contribution in [0.2, 0.25) is 0 Å². The van der Waals surface area contributed by atoms with Gasteiger partial charge in [0.2, 0.25) is 0 Å². The summed E-state index contributed by atoms with van der Waals surface area (Å²) in [6.07, 6.45) is 3.51. The Morgan fingerprint density at radius 1 is 1.39 bits per heavy atom. The minimum Gasteiger partial charge on any atom is -0.489 e. The molecule has 2 heterocycles. The van der Waals surface area contributed by atoms with Crippen LogP contribution in [0.1, 0.15) is 22.8 Å². The average Bonchev–Trinajstić information content (AvgIpc) is 2.60. The number of carbonyl (C=O) groups is 1. The molecular formula is C18H21N3O2. The summed E-state index contributed by atoms with van der Waals surface area (Å²) in [6, 6.07) is 11.6. The molecule has 0 saturated carbocycles. The summed E-state index contributed by atoms with van der Waals surface area (Å²) in [7, 11) is 0. The number of hydrogen-bond donors (Lipinski definition) is 1. The van der Waals surface area contributed by atoms with Gasteiger partial charge < -0.3 is 15.0 Å². The molecule has 2 aromatic rings. The maximum Gasteiger partial charge on any atom is 0.254 e. The van der Waals surface area contributed by atoms with Crippen LogP contribution in [0, 0.1) is 0 Å². The first-order chi connectivity index (χ1) is 11.2. The molecule has 1 fully saturated rings. The second kappa shape index (κ2) is 7.24. The van der Waals surface area contributed by atoms with E-state index >= 15 is 0 Å². The van der Waals surface area contributed by atoms with Crippen LogP contribution in [0.15, 0.2) is 48.8 Å². The fourth-order valence-electron chi connectivity index (χ4n) is 2.67. The number of amides is 1. The van der Waals surface area contributed by atoms with Crippen LogP contribution in [0.3, 0.4) is 0 Å². The van der Waals surface area contributed by atoms with Gasteiger partial charge in [-0.1, -0.05) is 12.1 Å². The zero-order chi connectivity index (χ0) is 16.1. The highest BCUT2D eigenvalue weighted by molar-refractivity contribution is 5.94. The molecule has 1 aromatic heterocycles. The quantitative estimate of drug-likeness (QED) is 0.939. The number of nitrogens with zero attached hydrogens (tertiary/aromatic N) is 2. The fraction of sp³-hybridized carbons (Fsp3) is 0.333. The van der Waals surface area contributed by atoms with Gasteiger partial charge in [-0.25, -0.2) is 0 Å². The maximum atomic E-state index is 12.6. The molecule has 1 atom stereocenters. The summed E-state index contributed by atoms with van der Waals surface area (Å²) in [5.41, 5.74) is 1.67. The van der Waals surface area contributed by atoms with Crippen molar-refractivity contribution in [3.05, 3.63) is 59.9 Å². The standard InChI is InChI=1S/C18H21N3O2/c1-14-12-21(9-8-20-14)18(22)16-5-2-6-17(10-16)23-13-15-4-3-7-19-11-15/h2-7,10-11,14,20H,8-9,12-13H2,1H3. The molecular weight excluding hydrogens is 290 g/mol. The monoisotopic (exact) mass is 311 g/mol. The summed E-state index contributed by atoms with van der Waals surface area (Å²) in [5.74, 6) is 0.757. The molecule has 3 rings (SSSR count). The van der Waals surface area contributed by atoms with E-state index in [9.17, 15) is 4.79 Å². The van der Waals surface area contributed by atoms with Gasteiger partial charge in [0.05, 0.1) is 0 Å². The molecule has 0 bridgehead atoms. The number of ether oxygens (including phenoxy) is 1. The summed E-state index contributed by atoms with van der Waals surface area (Å²) in [5, 5.41) is 3.34. The molecule has 1 aliphatic heterocycles. The number of aromatic nitrogens is 1. The van der Waals surface area contributed by atoms with E-state index in [2.05, 4.69) is 17.2 Å². The number of benzene rings is 1. The van der Waals surface area contributed by atoms with Gasteiger partial charge in [-0.15, -0.1) is 0 Å². The van der Waals surface area contributed by atoms with Crippen LogP contribution in [0.5, 0.6) is 5.75 Å². The van der Waals surface area contributed by atoms with Crippen molar-refractivity contribution < 1.29 is 9.53 Å². The van der Waals surface area contributed by atoms with E-state index in [-0.39, 0.29) is 5.91 Å². The Labute approximate surface area is 136 Å². The smallest absolute Gasteiger partial charge is 0.254 e. The van der Waals surface area contributed by atoms with Gasteiger partial charge in [0.25, 0.3) is 5.91 Å². The highest BCUT2D eigenvalue weighted by Gasteiger charge is 2.21. The third-order valence-corrected chi connectivity index (χ3v) is 3.87. The van der Waals surface area contributed by atoms with E-state index in [1.54, 1.807) is 12.4 Å². The van der Waals surface area contributed by atoms with Gasteiger partial charge in [-0.2, -0.15) is 0 Å². The minimum atomic E-state index is 0.0603. The topological polar surface area (TPSA) is 54.5 Å². The molecule has 23 heavy (non-hydrogen) atoms. The molecule has 1 saturated heterocycles. The third-order valence-electron chi connectivity index (χ3n) is 3.87. The van der Waals surface area contributed by atoms with E-state index in [0.29, 0.717) is 24.0 Å². The van der Waals surface area contributed by atoms with Gasteiger partial charge in [-0.05, 0) is 31.2 Å². The van der Waals surface area contributed by atoms with Crippen molar-refractivity contribution in [1.82, 2.24) is 15.2 Å². The molecule has 1 aromatic carbocycles. The fourth-order valence-corrected chi connectivity index (χ4v) is 2.67. The van der Waals surface area contributed by atoms with Crippen LogP contribution in [-0.4, -0.2) is 41.5 Å². The first-order valence-electron chi connectivity index (χ1n) is 7.87. The molecule has 1 N–H and O–H groups in total. The molecule has 5 heteroatoms. The molecule has 5 nitrogen and oxygen atoms in total. The van der Waals surface area contributed by atoms with E-state index < -0.39 is 0 Å². The molecule has 0 radical (unpaired) electrons. The number of carbonyl (C=O) groups excluding carboxylic acids is 1. The van der Waals surface area contributed by atoms with Gasteiger partial charge in [-0.3, -0.25) is 9.78 Å². The van der Waals surface area contributed by atoms with Crippen molar-refractivity contribution in [1.29, 1.82) is 0 Å². The zero-order valence-corrected chi connectivity index (χ0v) is 13.2. The molecule has 0 spiro atoms. The van der Waals surface area contributed by atoms with Crippen LogP contribution in [0.25, 0.3) is 0 Å². The van der Waals surface area contributed by atoms with Crippen molar-refractivity contribution in [3.8, 4) is 5.75 Å². The normalized spacial score (nSPS) is 17.8. The number of piperazine rings is 1. The first kappa shape index (κ1) is 15.5. The van der Waals surface area contributed by atoms with Gasteiger partial charge in [0.1, 0.15) is 12.4 Å². The summed E-state index contributed by atoms with van der Waals surface area (Å²) in [4.78, 5) is 18.6. The number of nitrogens with one attached hydrogen (secondary N) is 1.